The fraction of sp³-hybridized carbons (Fsp3) is 0.872. The molecule has 0 N–H and O–H groups in total. The lowest BCUT2D eigenvalue weighted by atomic mass is 9.85. The van der Waals surface area contributed by atoms with E-state index in [1.807, 2.05) is 6.92 Å². The molecule has 5 heteroatoms. The fourth-order valence-corrected chi connectivity index (χ4v) is 8.37. The minimum Gasteiger partial charge on any atom is -0.463 e. The number of nitrogens with zero attached hydrogens (tertiary/aromatic N) is 3. The smallest absolute Gasteiger partial charge is 0.346 e. The predicted molar refractivity (Wildman–Crippen MR) is 228 cm³/mol. The second-order valence-corrected chi connectivity index (χ2v) is 16.3. The summed E-state index contributed by atoms with van der Waals surface area (Å²) < 4.78 is 5.58. The number of esters is 1. The van der Waals surface area contributed by atoms with Gasteiger partial charge in [-0.2, -0.15) is 0 Å². The van der Waals surface area contributed by atoms with Crippen molar-refractivity contribution in [1.82, 2.24) is 9.80 Å². The van der Waals surface area contributed by atoms with Gasteiger partial charge in [-0.05, 0) is 110 Å². The Hall–Kier alpha value is -1.46. The first-order valence-corrected chi connectivity index (χ1v) is 23.2. The number of hydrogen-bond donors (Lipinski definition) is 0. The maximum Gasteiger partial charge on any atom is 0.346 e. The quantitative estimate of drug-likeness (QED) is 0.0366. The number of unbranched alkanes of at least 4 members (excludes halogenated alkanes) is 22. The number of aliphatic imine (C=N–C) groups is 1. The van der Waals surface area contributed by atoms with Gasteiger partial charge in [-0.1, -0.05) is 154 Å². The number of allylic oxidation sites excluding steroid dienone is 4. The second-order valence-electron chi connectivity index (χ2n) is 16.3. The molecule has 2 rings (SSSR count). The van der Waals surface area contributed by atoms with Gasteiger partial charge in [0.15, 0.2) is 0 Å². The van der Waals surface area contributed by atoms with Crippen molar-refractivity contribution in [2.45, 2.75) is 232 Å². The van der Waals surface area contributed by atoms with E-state index in [0.29, 0.717) is 6.61 Å². The number of carbonyl (C=O) groups is 1. The van der Waals surface area contributed by atoms with Crippen LogP contribution in [0.5, 0.6) is 0 Å². The number of rotatable bonds is 36. The van der Waals surface area contributed by atoms with Gasteiger partial charge < -0.3 is 9.64 Å². The summed E-state index contributed by atoms with van der Waals surface area (Å²) in [5, 5.41) is 0. The van der Waals surface area contributed by atoms with Crippen LogP contribution in [-0.2, 0) is 9.53 Å². The van der Waals surface area contributed by atoms with Crippen molar-refractivity contribution in [3.05, 3.63) is 24.3 Å². The van der Waals surface area contributed by atoms with Crippen LogP contribution >= 0.6 is 0 Å². The lowest BCUT2D eigenvalue weighted by Gasteiger charge is -2.39. The molecule has 0 saturated carbocycles. The van der Waals surface area contributed by atoms with Gasteiger partial charge in [-0.3, -0.25) is 9.89 Å². The molecule has 0 aliphatic carbocycles. The Morgan fingerprint density at radius 3 is 1.46 bits per heavy atom. The average Bonchev–Trinajstić information content (AvgIpc) is 3.80. The van der Waals surface area contributed by atoms with Gasteiger partial charge >= 0.3 is 5.97 Å². The van der Waals surface area contributed by atoms with Crippen molar-refractivity contribution in [3.63, 3.8) is 0 Å². The molecule has 0 aromatic carbocycles. The van der Waals surface area contributed by atoms with Crippen LogP contribution < -0.4 is 0 Å². The summed E-state index contributed by atoms with van der Waals surface area (Å²) in [7, 11) is 0. The van der Waals surface area contributed by atoms with Gasteiger partial charge in [0.05, 0.1) is 12.1 Å². The molecule has 1 atom stereocenters. The third-order valence-electron chi connectivity index (χ3n) is 11.6. The molecular weight excluding hydrogens is 639 g/mol. The number of likely N-dealkylation sites (tertiary alicyclic amines) is 1. The zero-order chi connectivity index (χ0) is 37.2. The van der Waals surface area contributed by atoms with Crippen molar-refractivity contribution in [2.24, 2.45) is 4.99 Å². The van der Waals surface area contributed by atoms with Crippen molar-refractivity contribution in [2.75, 3.05) is 32.8 Å². The lowest BCUT2D eigenvalue weighted by Crippen LogP contribution is -2.53. The molecule has 2 heterocycles. The zero-order valence-corrected chi connectivity index (χ0v) is 35.1. The molecule has 0 aromatic heterocycles. The minimum atomic E-state index is -0.468. The van der Waals surface area contributed by atoms with Crippen molar-refractivity contribution in [1.29, 1.82) is 0 Å². The lowest BCUT2D eigenvalue weighted by molar-refractivity contribution is -0.150. The van der Waals surface area contributed by atoms with Crippen LogP contribution in [0.4, 0.5) is 0 Å². The largest absolute Gasteiger partial charge is 0.463 e. The molecule has 0 bridgehead atoms. The fourth-order valence-electron chi connectivity index (χ4n) is 8.37. The van der Waals surface area contributed by atoms with E-state index in [9.17, 15) is 4.79 Å². The van der Waals surface area contributed by atoms with E-state index in [1.165, 1.54) is 193 Å². The molecule has 1 unspecified atom stereocenters. The van der Waals surface area contributed by atoms with E-state index >= 15 is 0 Å². The summed E-state index contributed by atoms with van der Waals surface area (Å²) in [6.07, 6.45) is 51.8. The predicted octanol–water partition coefficient (Wildman–Crippen LogP) is 13.6. The molecule has 2 aliphatic heterocycles. The minimum absolute atomic E-state index is 0.110. The van der Waals surface area contributed by atoms with Gasteiger partial charge in [0, 0.05) is 12.8 Å². The summed E-state index contributed by atoms with van der Waals surface area (Å²) >= 11 is 0. The van der Waals surface area contributed by atoms with E-state index in [4.69, 9.17) is 9.73 Å². The molecule has 52 heavy (non-hydrogen) atoms. The van der Waals surface area contributed by atoms with Crippen LogP contribution in [0.1, 0.15) is 220 Å². The maximum absolute atomic E-state index is 13.2. The van der Waals surface area contributed by atoms with Crippen LogP contribution in [0.15, 0.2) is 29.3 Å². The Bertz CT molecular complexity index is 868. The van der Waals surface area contributed by atoms with Crippen molar-refractivity contribution >= 4 is 12.2 Å². The molecular formula is C47H87N3O2. The maximum atomic E-state index is 13.2. The SMILES string of the molecule is CCCCCCCC/C=C\CCCCCCCC1(CCCCCCC/C=C\CCCCCCCC)C=NC(C(=O)OCC)N1CCCN1CCCC1. The summed E-state index contributed by atoms with van der Waals surface area (Å²) in [6.45, 7) is 11.4. The molecule has 0 amide bonds. The van der Waals surface area contributed by atoms with Crippen LogP contribution in [0.2, 0.25) is 0 Å². The highest BCUT2D eigenvalue weighted by Gasteiger charge is 2.45. The highest BCUT2D eigenvalue weighted by molar-refractivity contribution is 5.84. The van der Waals surface area contributed by atoms with Gasteiger partial charge in [-0.15, -0.1) is 0 Å². The summed E-state index contributed by atoms with van der Waals surface area (Å²) in [5.74, 6) is -0.157. The van der Waals surface area contributed by atoms with E-state index in [-0.39, 0.29) is 11.5 Å². The van der Waals surface area contributed by atoms with Crippen LogP contribution in [0.25, 0.3) is 0 Å². The van der Waals surface area contributed by atoms with Crippen LogP contribution in [0, 0.1) is 0 Å². The molecule has 2 aliphatic rings. The van der Waals surface area contributed by atoms with Gasteiger partial charge in [0.25, 0.3) is 0 Å². The van der Waals surface area contributed by atoms with Crippen molar-refractivity contribution in [3.8, 4) is 0 Å². The molecule has 5 nitrogen and oxygen atoms in total. The van der Waals surface area contributed by atoms with Gasteiger partial charge in [0.2, 0.25) is 6.17 Å². The van der Waals surface area contributed by atoms with Crippen LogP contribution in [-0.4, -0.2) is 66.5 Å². The third-order valence-corrected chi connectivity index (χ3v) is 11.6. The number of hydrogen-bond acceptors (Lipinski definition) is 5. The zero-order valence-electron chi connectivity index (χ0n) is 35.1. The van der Waals surface area contributed by atoms with Crippen LogP contribution in [0.3, 0.4) is 0 Å². The first-order chi connectivity index (χ1) is 25.7. The van der Waals surface area contributed by atoms with E-state index in [1.54, 1.807) is 0 Å². The van der Waals surface area contributed by atoms with Gasteiger partial charge in [0.1, 0.15) is 0 Å². The van der Waals surface area contributed by atoms with E-state index in [0.717, 1.165) is 32.4 Å². The molecule has 0 radical (unpaired) electrons. The first kappa shape index (κ1) is 46.7. The Morgan fingerprint density at radius 2 is 1.02 bits per heavy atom. The summed E-state index contributed by atoms with van der Waals surface area (Å²) in [4.78, 5) is 23.2. The molecule has 0 aromatic rings. The average molecular weight is 726 g/mol. The van der Waals surface area contributed by atoms with E-state index < -0.39 is 6.17 Å². The Kier molecular flexibility index (Phi) is 29.6. The Balaban J connectivity index is 1.78. The number of ether oxygens (including phenoxy) is 1. The third kappa shape index (κ3) is 22.0. The molecule has 302 valence electrons. The normalized spacial score (nSPS) is 17.8. The molecule has 1 saturated heterocycles. The highest BCUT2D eigenvalue weighted by Crippen LogP contribution is 2.35. The highest BCUT2D eigenvalue weighted by atomic mass is 16.5. The molecule has 0 spiro atoms. The first-order valence-electron chi connectivity index (χ1n) is 23.2. The summed E-state index contributed by atoms with van der Waals surface area (Å²) in [6, 6.07) is 0. The monoisotopic (exact) mass is 726 g/mol. The second kappa shape index (κ2) is 32.9. The Morgan fingerprint density at radius 1 is 0.596 bits per heavy atom. The Labute approximate surface area is 324 Å². The van der Waals surface area contributed by atoms with Crippen molar-refractivity contribution < 1.29 is 9.53 Å². The topological polar surface area (TPSA) is 45.1 Å². The molecule has 1 fully saturated rings. The standard InChI is InChI=1S/C47H87N3O2/c1-4-7-9-11-13-15-17-19-21-23-25-27-29-31-33-38-47(39-34-32-30-28-26-24-22-20-18-16-14-12-10-8-5-2)44-48-45(46(51)52-6-3)50(47)43-37-42-49-40-35-36-41-49/h19-22,44-45H,4-18,23-43H2,1-3H3/b21-19-,22-20-. The summed E-state index contributed by atoms with van der Waals surface area (Å²) in [5.41, 5.74) is -0.110. The van der Waals surface area contributed by atoms with E-state index in [2.05, 4.69) is 54.2 Å². The van der Waals surface area contributed by atoms with Gasteiger partial charge in [-0.25, -0.2) is 4.79 Å². The number of carbonyl (C=O) groups excluding carboxylic acids is 1.